The number of nitrogens with zero attached hydrogens (tertiary/aromatic N) is 2. The predicted octanol–water partition coefficient (Wildman–Crippen LogP) is -3.34. The molecule has 0 aromatic carbocycles. The van der Waals surface area contributed by atoms with Gasteiger partial charge in [0.15, 0.2) is 0 Å². The van der Waals surface area contributed by atoms with Gasteiger partial charge in [-0.25, -0.2) is 0 Å². The van der Waals surface area contributed by atoms with Crippen molar-refractivity contribution in [2.45, 2.75) is 18.6 Å². The summed E-state index contributed by atoms with van der Waals surface area (Å²) in [6.45, 7) is -1.89. The molecule has 172 valence electrons. The van der Waals surface area contributed by atoms with Crippen LogP contribution in [-0.2, 0) is 23.9 Å². The van der Waals surface area contributed by atoms with Crippen molar-refractivity contribution in [2.24, 2.45) is 0 Å². The molecule has 0 aromatic heterocycles. The van der Waals surface area contributed by atoms with Gasteiger partial charge in [-0.05, 0) is 6.92 Å². The van der Waals surface area contributed by atoms with Gasteiger partial charge in [-0.3, -0.25) is 29.0 Å². The maximum atomic E-state index is 11.6. The van der Waals surface area contributed by atoms with E-state index in [1.165, 1.54) is 6.92 Å². The van der Waals surface area contributed by atoms with Crippen molar-refractivity contribution in [3.05, 3.63) is 0 Å². The van der Waals surface area contributed by atoms with Crippen LogP contribution < -0.4 is 0 Å². The molecule has 0 spiro atoms. The number of carboxylic acid groups (broad SMARTS) is 3. The van der Waals surface area contributed by atoms with Gasteiger partial charge in [0.1, 0.15) is 18.3 Å². The SMILES string of the molecule is CC(O)Cl.O=C(O)CN(CCN(CC(=O)O)CC(=O)OCC(O)CO)CC(=O)O.[NaH]. The zero-order valence-electron chi connectivity index (χ0n) is 15.8. The first-order valence-electron chi connectivity index (χ1n) is 8.24. The van der Waals surface area contributed by atoms with Crippen LogP contribution in [0.2, 0.25) is 0 Å². The van der Waals surface area contributed by atoms with Crippen LogP contribution in [0.4, 0.5) is 0 Å². The molecule has 15 heteroatoms. The van der Waals surface area contributed by atoms with Crippen LogP contribution >= 0.6 is 11.6 Å². The Labute approximate surface area is 200 Å². The quantitative estimate of drug-likeness (QED) is 0.0834. The van der Waals surface area contributed by atoms with Gasteiger partial charge in [-0.15, -0.1) is 0 Å². The van der Waals surface area contributed by atoms with E-state index < -0.39 is 74.9 Å². The molecule has 0 aromatic rings. The number of ether oxygens (including phenoxy) is 1. The van der Waals surface area contributed by atoms with Crippen molar-refractivity contribution >= 4 is 65.0 Å². The van der Waals surface area contributed by atoms with E-state index in [2.05, 4.69) is 4.74 Å². The average molecular weight is 471 g/mol. The van der Waals surface area contributed by atoms with Crippen molar-refractivity contribution in [2.75, 3.05) is 52.5 Å². The summed E-state index contributed by atoms with van der Waals surface area (Å²) in [5, 5.41) is 51.8. The Bertz CT molecular complexity index is 506. The third-order valence-corrected chi connectivity index (χ3v) is 2.81. The Hall–Kier alpha value is -1.03. The monoisotopic (exact) mass is 470 g/mol. The first-order chi connectivity index (χ1) is 13.4. The molecule has 13 nitrogen and oxygen atoms in total. The fraction of sp³-hybridized carbons (Fsp3) is 0.733. The van der Waals surface area contributed by atoms with Gasteiger partial charge in [-0.2, -0.15) is 0 Å². The third-order valence-electron chi connectivity index (χ3n) is 2.81. The molecule has 0 rings (SSSR count). The minimum absolute atomic E-state index is 0. The maximum absolute atomic E-state index is 11.6. The Morgan fingerprint density at radius 1 is 0.867 bits per heavy atom. The molecule has 0 aliphatic carbocycles. The van der Waals surface area contributed by atoms with Crippen LogP contribution in [0.5, 0.6) is 0 Å². The number of hydrogen-bond acceptors (Lipinski definition) is 10. The summed E-state index contributed by atoms with van der Waals surface area (Å²) in [4.78, 5) is 46.1. The number of aliphatic hydroxyl groups excluding tert-OH is 3. The molecule has 0 saturated carbocycles. The van der Waals surface area contributed by atoms with Crippen LogP contribution in [0.3, 0.4) is 0 Å². The minimum atomic E-state index is -1.25. The van der Waals surface area contributed by atoms with Gasteiger partial charge in [-0.1, -0.05) is 11.6 Å². The van der Waals surface area contributed by atoms with E-state index in [0.717, 1.165) is 9.80 Å². The number of hydrogen-bond donors (Lipinski definition) is 6. The number of aliphatic hydroxyl groups is 3. The molecule has 0 radical (unpaired) electrons. The zero-order valence-corrected chi connectivity index (χ0v) is 16.6. The average Bonchev–Trinajstić information content (AvgIpc) is 2.55. The number of carboxylic acids is 3. The summed E-state index contributed by atoms with van der Waals surface area (Å²) >= 11 is 4.83. The number of carbonyl (C=O) groups excluding carboxylic acids is 1. The van der Waals surface area contributed by atoms with E-state index in [0.29, 0.717) is 0 Å². The van der Waals surface area contributed by atoms with Gasteiger partial charge >= 0.3 is 53.4 Å². The molecule has 0 aliphatic heterocycles. The fourth-order valence-corrected chi connectivity index (χ4v) is 1.75. The number of esters is 1. The molecule has 0 aliphatic rings. The molecule has 2 atom stereocenters. The molecular weight excluding hydrogens is 443 g/mol. The van der Waals surface area contributed by atoms with E-state index >= 15 is 0 Å². The summed E-state index contributed by atoms with van der Waals surface area (Å²) in [7, 11) is 0. The van der Waals surface area contributed by atoms with Gasteiger partial charge in [0, 0.05) is 13.1 Å². The van der Waals surface area contributed by atoms with Crippen LogP contribution in [0, 0.1) is 0 Å². The van der Waals surface area contributed by atoms with E-state index in [4.69, 9.17) is 42.2 Å². The first kappa shape index (κ1) is 33.6. The zero-order chi connectivity index (χ0) is 23.0. The second kappa shape index (κ2) is 19.9. The van der Waals surface area contributed by atoms with Crippen molar-refractivity contribution in [3.63, 3.8) is 0 Å². The molecule has 0 amide bonds. The van der Waals surface area contributed by atoms with Crippen LogP contribution in [0.15, 0.2) is 0 Å². The Kier molecular flexibility index (Phi) is 22.3. The standard InChI is InChI=1S/C13H22N2O10.C2H5ClO.Na.H/c16-7-9(17)8-25-13(24)6-15(5-12(22)23)2-1-14(3-10(18)19)4-11(20)21;1-2(3)4;;/h9,16-17H,1-8H2,(H,18,19)(H,20,21)(H,22,23);2,4H,1H3;;. The van der Waals surface area contributed by atoms with Crippen molar-refractivity contribution in [1.82, 2.24) is 9.80 Å². The number of aliphatic carboxylic acids is 3. The van der Waals surface area contributed by atoms with E-state index in [-0.39, 0.29) is 42.6 Å². The Morgan fingerprint density at radius 2 is 1.20 bits per heavy atom. The predicted molar refractivity (Wildman–Crippen MR) is 105 cm³/mol. The fourth-order valence-electron chi connectivity index (χ4n) is 1.75. The molecular formula is C15H28ClN2NaO11. The van der Waals surface area contributed by atoms with Gasteiger partial charge < -0.3 is 35.4 Å². The van der Waals surface area contributed by atoms with Gasteiger partial charge in [0.25, 0.3) is 0 Å². The molecule has 0 fully saturated rings. The van der Waals surface area contributed by atoms with Crippen LogP contribution in [0.25, 0.3) is 0 Å². The number of alkyl halides is 1. The molecule has 0 saturated heterocycles. The first-order valence-corrected chi connectivity index (χ1v) is 8.67. The third kappa shape index (κ3) is 25.0. The number of halogens is 1. The summed E-state index contributed by atoms with van der Waals surface area (Å²) < 4.78 is 4.66. The Balaban J connectivity index is -0.00000133. The van der Waals surface area contributed by atoms with E-state index in [1.54, 1.807) is 0 Å². The topological polar surface area (TPSA) is 205 Å². The summed E-state index contributed by atoms with van der Waals surface area (Å²) in [6.07, 6.45) is -1.25. The Morgan fingerprint density at radius 3 is 1.50 bits per heavy atom. The molecule has 0 heterocycles. The normalized spacial score (nSPS) is 12.2. The summed E-state index contributed by atoms with van der Waals surface area (Å²) in [6, 6.07) is 0. The van der Waals surface area contributed by atoms with Crippen molar-refractivity contribution in [1.29, 1.82) is 0 Å². The second-order valence-corrected chi connectivity index (χ2v) is 6.33. The molecule has 0 bridgehead atoms. The van der Waals surface area contributed by atoms with Gasteiger partial charge in [0.2, 0.25) is 0 Å². The summed E-state index contributed by atoms with van der Waals surface area (Å²) in [5.41, 5.74) is -0.694. The van der Waals surface area contributed by atoms with Crippen molar-refractivity contribution < 1.29 is 54.6 Å². The van der Waals surface area contributed by atoms with E-state index in [1.807, 2.05) is 0 Å². The number of rotatable bonds is 14. The molecule has 2 unspecified atom stereocenters. The van der Waals surface area contributed by atoms with Gasteiger partial charge in [0.05, 0.1) is 32.8 Å². The van der Waals surface area contributed by atoms with Crippen molar-refractivity contribution in [3.8, 4) is 0 Å². The summed E-state index contributed by atoms with van der Waals surface area (Å²) in [5.74, 6) is -4.59. The molecule has 30 heavy (non-hydrogen) atoms. The van der Waals surface area contributed by atoms with Crippen LogP contribution in [0.1, 0.15) is 6.92 Å². The number of carbonyl (C=O) groups is 4. The molecule has 6 N–H and O–H groups in total. The second-order valence-electron chi connectivity index (χ2n) is 5.70. The van der Waals surface area contributed by atoms with E-state index in [9.17, 15) is 19.2 Å². The van der Waals surface area contributed by atoms with Crippen LogP contribution in [-0.4, -0.2) is 158 Å².